The van der Waals surface area contributed by atoms with Crippen molar-refractivity contribution >= 4 is 5.69 Å². The van der Waals surface area contributed by atoms with Gasteiger partial charge in [-0.3, -0.25) is 4.90 Å². The van der Waals surface area contributed by atoms with E-state index < -0.39 is 0 Å². The Labute approximate surface area is 110 Å². The molecule has 3 N–H and O–H groups in total. The molecule has 0 spiro atoms. The van der Waals surface area contributed by atoms with Gasteiger partial charge in [0.1, 0.15) is 0 Å². The van der Waals surface area contributed by atoms with Gasteiger partial charge in [0, 0.05) is 24.4 Å². The van der Waals surface area contributed by atoms with Crippen LogP contribution in [0.2, 0.25) is 0 Å². The van der Waals surface area contributed by atoms with E-state index in [-0.39, 0.29) is 0 Å². The SMILES string of the molecule is CC(c1ccc(N)cc1)N1CCCC1CCCO. The molecule has 2 rings (SSSR count). The third kappa shape index (κ3) is 3.03. The fourth-order valence-electron chi connectivity index (χ4n) is 2.97. The minimum atomic E-state index is 0.306. The summed E-state index contributed by atoms with van der Waals surface area (Å²) in [6, 6.07) is 9.28. The van der Waals surface area contributed by atoms with Crippen LogP contribution in [0.4, 0.5) is 5.69 Å². The topological polar surface area (TPSA) is 49.5 Å². The van der Waals surface area contributed by atoms with Crippen molar-refractivity contribution < 1.29 is 5.11 Å². The predicted molar refractivity (Wildman–Crippen MR) is 75.3 cm³/mol. The van der Waals surface area contributed by atoms with E-state index in [0.29, 0.717) is 18.7 Å². The second-order valence-corrected chi connectivity index (χ2v) is 5.24. The van der Waals surface area contributed by atoms with Crippen molar-refractivity contribution in [2.24, 2.45) is 0 Å². The van der Waals surface area contributed by atoms with E-state index in [2.05, 4.69) is 24.0 Å². The molecule has 1 aromatic rings. The number of benzene rings is 1. The molecule has 0 amide bonds. The zero-order valence-electron chi connectivity index (χ0n) is 11.2. The number of nitrogens with two attached hydrogens (primary N) is 1. The molecular formula is C15H24N2O. The largest absolute Gasteiger partial charge is 0.399 e. The minimum Gasteiger partial charge on any atom is -0.399 e. The molecule has 0 radical (unpaired) electrons. The minimum absolute atomic E-state index is 0.306. The summed E-state index contributed by atoms with van der Waals surface area (Å²) < 4.78 is 0. The van der Waals surface area contributed by atoms with Gasteiger partial charge in [-0.15, -0.1) is 0 Å². The first-order valence-electron chi connectivity index (χ1n) is 6.94. The summed E-state index contributed by atoms with van der Waals surface area (Å²) in [6.45, 7) is 3.74. The van der Waals surface area contributed by atoms with Crippen molar-refractivity contribution in [3.05, 3.63) is 29.8 Å². The lowest BCUT2D eigenvalue weighted by molar-refractivity contribution is 0.172. The molecule has 1 fully saturated rings. The van der Waals surface area contributed by atoms with Crippen molar-refractivity contribution in [1.82, 2.24) is 4.90 Å². The van der Waals surface area contributed by atoms with Crippen LogP contribution in [0.5, 0.6) is 0 Å². The number of aliphatic hydroxyl groups is 1. The molecule has 3 nitrogen and oxygen atoms in total. The van der Waals surface area contributed by atoms with Crippen molar-refractivity contribution in [2.75, 3.05) is 18.9 Å². The maximum atomic E-state index is 8.97. The maximum Gasteiger partial charge on any atom is 0.0431 e. The van der Waals surface area contributed by atoms with Gasteiger partial charge in [-0.05, 0) is 56.8 Å². The Morgan fingerprint density at radius 3 is 2.78 bits per heavy atom. The number of rotatable bonds is 5. The Hall–Kier alpha value is -1.06. The van der Waals surface area contributed by atoms with Gasteiger partial charge in [-0.25, -0.2) is 0 Å². The number of aliphatic hydroxyl groups excluding tert-OH is 1. The molecule has 3 heteroatoms. The second kappa shape index (κ2) is 6.21. The van der Waals surface area contributed by atoms with Gasteiger partial charge in [-0.2, -0.15) is 0 Å². The molecule has 0 aromatic heterocycles. The van der Waals surface area contributed by atoms with E-state index in [4.69, 9.17) is 10.8 Å². The standard InChI is InChI=1S/C15H24N2O/c1-12(13-6-8-14(16)9-7-13)17-10-2-4-15(17)5-3-11-18/h6-9,12,15,18H,2-5,10-11,16H2,1H3. The van der Waals surface area contributed by atoms with Gasteiger partial charge >= 0.3 is 0 Å². The third-order valence-electron chi connectivity index (χ3n) is 4.03. The lowest BCUT2D eigenvalue weighted by atomic mass is 10.0. The van der Waals surface area contributed by atoms with Crippen LogP contribution in [0.3, 0.4) is 0 Å². The number of nitrogens with zero attached hydrogens (tertiary/aromatic N) is 1. The molecule has 1 heterocycles. The summed E-state index contributed by atoms with van der Waals surface area (Å²) in [4.78, 5) is 2.57. The van der Waals surface area contributed by atoms with Crippen LogP contribution in [0.15, 0.2) is 24.3 Å². The molecule has 2 unspecified atom stereocenters. The number of nitrogen functional groups attached to an aromatic ring is 1. The first-order valence-corrected chi connectivity index (χ1v) is 6.94. The normalized spacial score (nSPS) is 22.2. The van der Waals surface area contributed by atoms with Crippen LogP contribution < -0.4 is 5.73 Å². The highest BCUT2D eigenvalue weighted by atomic mass is 16.2. The molecule has 1 aliphatic rings. The molecule has 1 aromatic carbocycles. The van der Waals surface area contributed by atoms with E-state index in [1.807, 2.05) is 12.1 Å². The van der Waals surface area contributed by atoms with Gasteiger partial charge in [-0.1, -0.05) is 12.1 Å². The van der Waals surface area contributed by atoms with E-state index in [0.717, 1.165) is 18.5 Å². The summed E-state index contributed by atoms with van der Waals surface area (Å²) in [5, 5.41) is 8.97. The Bertz CT molecular complexity index is 363. The van der Waals surface area contributed by atoms with Gasteiger partial charge in [0.2, 0.25) is 0 Å². The third-order valence-corrected chi connectivity index (χ3v) is 4.03. The Kier molecular flexibility index (Phi) is 4.61. The molecule has 100 valence electrons. The average molecular weight is 248 g/mol. The van der Waals surface area contributed by atoms with Gasteiger partial charge in [0.25, 0.3) is 0 Å². The van der Waals surface area contributed by atoms with Crippen LogP contribution in [0, 0.1) is 0 Å². The van der Waals surface area contributed by atoms with Crippen LogP contribution in [0.25, 0.3) is 0 Å². The Morgan fingerprint density at radius 2 is 2.11 bits per heavy atom. The highest BCUT2D eigenvalue weighted by molar-refractivity contribution is 5.40. The Balaban J connectivity index is 2.02. The first kappa shape index (κ1) is 13.4. The zero-order valence-corrected chi connectivity index (χ0v) is 11.2. The Morgan fingerprint density at radius 1 is 1.39 bits per heavy atom. The number of anilines is 1. The van der Waals surface area contributed by atoms with Gasteiger partial charge in [0.05, 0.1) is 0 Å². The van der Waals surface area contributed by atoms with Crippen molar-refractivity contribution in [1.29, 1.82) is 0 Å². The monoisotopic (exact) mass is 248 g/mol. The predicted octanol–water partition coefficient (Wildman–Crippen LogP) is 2.57. The summed E-state index contributed by atoms with van der Waals surface area (Å²) in [5.74, 6) is 0. The molecule has 0 saturated carbocycles. The molecule has 18 heavy (non-hydrogen) atoms. The lowest BCUT2D eigenvalue weighted by Crippen LogP contribution is -2.32. The van der Waals surface area contributed by atoms with Crippen molar-refractivity contribution in [3.8, 4) is 0 Å². The van der Waals surface area contributed by atoms with E-state index in [9.17, 15) is 0 Å². The quantitative estimate of drug-likeness (QED) is 0.787. The van der Waals surface area contributed by atoms with Crippen LogP contribution in [-0.2, 0) is 0 Å². The summed E-state index contributed by atoms with van der Waals surface area (Å²) in [5.41, 5.74) is 7.89. The average Bonchev–Trinajstić information content (AvgIpc) is 2.84. The number of hydrogen-bond donors (Lipinski definition) is 2. The fraction of sp³-hybridized carbons (Fsp3) is 0.600. The molecule has 1 aliphatic heterocycles. The zero-order chi connectivity index (χ0) is 13.0. The summed E-state index contributed by atoms with van der Waals surface area (Å²) in [6.07, 6.45) is 4.56. The van der Waals surface area contributed by atoms with E-state index in [1.54, 1.807) is 0 Å². The van der Waals surface area contributed by atoms with Crippen molar-refractivity contribution in [3.63, 3.8) is 0 Å². The molecule has 1 saturated heterocycles. The summed E-state index contributed by atoms with van der Waals surface area (Å²) >= 11 is 0. The van der Waals surface area contributed by atoms with Gasteiger partial charge < -0.3 is 10.8 Å². The lowest BCUT2D eigenvalue weighted by Gasteiger charge is -2.31. The highest BCUT2D eigenvalue weighted by Gasteiger charge is 2.28. The molecule has 0 bridgehead atoms. The highest BCUT2D eigenvalue weighted by Crippen LogP contribution is 2.31. The van der Waals surface area contributed by atoms with Crippen molar-refractivity contribution in [2.45, 2.75) is 44.7 Å². The number of likely N-dealkylation sites (tertiary alicyclic amines) is 1. The molecular weight excluding hydrogens is 224 g/mol. The van der Waals surface area contributed by atoms with E-state index >= 15 is 0 Å². The summed E-state index contributed by atoms with van der Waals surface area (Å²) in [7, 11) is 0. The van der Waals surface area contributed by atoms with Crippen LogP contribution in [-0.4, -0.2) is 29.2 Å². The second-order valence-electron chi connectivity index (χ2n) is 5.24. The molecule has 0 aliphatic carbocycles. The molecule has 2 atom stereocenters. The van der Waals surface area contributed by atoms with Gasteiger partial charge in [0.15, 0.2) is 0 Å². The number of hydrogen-bond acceptors (Lipinski definition) is 3. The fourth-order valence-corrected chi connectivity index (χ4v) is 2.97. The first-order chi connectivity index (χ1) is 8.72. The van der Waals surface area contributed by atoms with E-state index in [1.165, 1.54) is 24.9 Å². The maximum absolute atomic E-state index is 8.97. The smallest absolute Gasteiger partial charge is 0.0431 e. The van der Waals surface area contributed by atoms with Crippen LogP contribution in [0.1, 0.15) is 44.2 Å². The van der Waals surface area contributed by atoms with Crippen LogP contribution >= 0.6 is 0 Å².